The van der Waals surface area contributed by atoms with E-state index in [0.29, 0.717) is 5.56 Å². The van der Waals surface area contributed by atoms with E-state index < -0.39 is 22.4 Å². The van der Waals surface area contributed by atoms with Gasteiger partial charge in [0, 0.05) is 18.2 Å². The Bertz CT molecular complexity index is 425. The van der Waals surface area contributed by atoms with Crippen molar-refractivity contribution in [3.05, 3.63) is 29.6 Å². The van der Waals surface area contributed by atoms with Crippen molar-refractivity contribution in [2.45, 2.75) is 11.9 Å². The molecule has 4 nitrogen and oxygen atoms in total. The van der Waals surface area contributed by atoms with Crippen molar-refractivity contribution in [3.63, 3.8) is 0 Å². The van der Waals surface area contributed by atoms with Crippen molar-refractivity contribution < 1.29 is 17.7 Å². The molecule has 1 atom stereocenters. The Hall–Kier alpha value is -1.46. The van der Waals surface area contributed by atoms with Crippen LogP contribution >= 0.6 is 10.5 Å². The highest BCUT2D eigenvalue weighted by Crippen LogP contribution is 2.38. The van der Waals surface area contributed by atoms with Crippen LogP contribution in [-0.4, -0.2) is 15.8 Å². The number of nitriles is 1. The number of nitrogens with zero attached hydrogens (tertiary/aromatic N) is 2. The normalized spacial score (nSPS) is 16.7. The molecule has 1 heterocycles. The van der Waals surface area contributed by atoms with Gasteiger partial charge >= 0.3 is 6.18 Å². The Balaban J connectivity index is 2.80. The first-order valence-corrected chi connectivity index (χ1v) is 6.58. The summed E-state index contributed by atoms with van der Waals surface area (Å²) in [7, 11) is -2.37. The molecule has 0 spiro atoms. The summed E-state index contributed by atoms with van der Waals surface area (Å²) in [5.74, 6) is 0.0612. The van der Waals surface area contributed by atoms with Gasteiger partial charge in [-0.25, -0.2) is 0 Å². The summed E-state index contributed by atoms with van der Waals surface area (Å²) in [4.78, 5) is 3.26. The summed E-state index contributed by atoms with van der Waals surface area (Å²) in [5.41, 5.74) is -0.551. The maximum atomic E-state index is 12.2. The first-order valence-electron chi connectivity index (χ1n) is 4.41. The Morgan fingerprint density at radius 3 is 2.59 bits per heavy atom. The smallest absolute Gasteiger partial charge is 0.333 e. The van der Waals surface area contributed by atoms with E-state index in [9.17, 15) is 17.7 Å². The third-order valence-corrected chi connectivity index (χ3v) is 3.25. The number of hydrogen-bond acceptors (Lipinski definition) is 4. The third kappa shape index (κ3) is 4.13. The van der Waals surface area contributed by atoms with Crippen LogP contribution in [0.2, 0.25) is 0 Å². The first kappa shape index (κ1) is 13.6. The zero-order valence-corrected chi connectivity index (χ0v) is 9.64. The van der Waals surface area contributed by atoms with Crippen LogP contribution in [0.1, 0.15) is 11.3 Å². The van der Waals surface area contributed by atoms with Crippen LogP contribution in [0.25, 0.3) is 0 Å². The molecule has 0 aliphatic rings. The molecule has 1 aromatic rings. The van der Waals surface area contributed by atoms with Crippen molar-refractivity contribution in [1.29, 1.82) is 5.26 Å². The number of nitrogens with one attached hydrogen (secondary N) is 1. The lowest BCUT2D eigenvalue weighted by Crippen LogP contribution is -2.16. The summed E-state index contributed by atoms with van der Waals surface area (Å²) in [6, 6.07) is 2.08. The summed E-state index contributed by atoms with van der Waals surface area (Å²) >= 11 is 0. The van der Waals surface area contributed by atoms with Crippen LogP contribution in [0, 0.1) is 11.5 Å². The molecular weight excluding hydrogens is 255 g/mol. The van der Waals surface area contributed by atoms with E-state index in [-0.39, 0.29) is 5.75 Å². The van der Waals surface area contributed by atoms with E-state index in [0.717, 1.165) is 12.3 Å². The second-order valence-corrected chi connectivity index (χ2v) is 6.02. The fourth-order valence-corrected chi connectivity index (χ4v) is 2.23. The van der Waals surface area contributed by atoms with Gasteiger partial charge in [0.15, 0.2) is 6.19 Å². The molecule has 0 saturated heterocycles. The van der Waals surface area contributed by atoms with Crippen LogP contribution in [0.3, 0.4) is 0 Å². The zero-order chi connectivity index (χ0) is 13.1. The minimum absolute atomic E-state index is 0.0612. The van der Waals surface area contributed by atoms with Gasteiger partial charge < -0.3 is 4.55 Å². The summed E-state index contributed by atoms with van der Waals surface area (Å²) in [5, 5.41) is 8.37. The summed E-state index contributed by atoms with van der Waals surface area (Å²) in [6.45, 7) is 0. The molecule has 1 rings (SSSR count). The average Bonchev–Trinajstić information content (AvgIpc) is 2.16. The number of pyridine rings is 1. The van der Waals surface area contributed by atoms with E-state index in [1.165, 1.54) is 12.3 Å². The Morgan fingerprint density at radius 1 is 1.53 bits per heavy atom. The molecular formula is C9H10F3N3OS. The molecule has 0 saturated carbocycles. The first-order chi connectivity index (χ1) is 7.74. The van der Waals surface area contributed by atoms with Crippen molar-refractivity contribution in [2.24, 2.45) is 0 Å². The number of rotatable bonds is 3. The van der Waals surface area contributed by atoms with Gasteiger partial charge in [-0.3, -0.25) is 9.71 Å². The quantitative estimate of drug-likeness (QED) is 0.650. The molecule has 1 aromatic heterocycles. The Kier molecular flexibility index (Phi) is 3.85. The molecule has 0 amide bonds. The van der Waals surface area contributed by atoms with Gasteiger partial charge in [0.25, 0.3) is 0 Å². The third-order valence-electron chi connectivity index (χ3n) is 1.83. The van der Waals surface area contributed by atoms with Crippen LogP contribution in [0.15, 0.2) is 18.3 Å². The van der Waals surface area contributed by atoms with Gasteiger partial charge in [0.05, 0.1) is 0 Å². The number of hydrogen-bond donors (Lipinski definition) is 2. The van der Waals surface area contributed by atoms with Gasteiger partial charge in [0.1, 0.15) is 5.69 Å². The van der Waals surface area contributed by atoms with E-state index >= 15 is 0 Å². The minimum atomic E-state index is -4.47. The van der Waals surface area contributed by atoms with Crippen molar-refractivity contribution in [1.82, 2.24) is 9.71 Å². The summed E-state index contributed by atoms with van der Waals surface area (Å²) in [6.07, 6.45) is -0.403. The highest BCUT2D eigenvalue weighted by Gasteiger charge is 2.32. The highest BCUT2D eigenvalue weighted by atomic mass is 32.3. The molecule has 0 aromatic carbocycles. The van der Waals surface area contributed by atoms with E-state index in [1.54, 1.807) is 6.19 Å². The second kappa shape index (κ2) is 4.81. The van der Waals surface area contributed by atoms with Crippen LogP contribution < -0.4 is 4.72 Å². The molecule has 8 heteroatoms. The Labute approximate surface area is 97.7 Å². The van der Waals surface area contributed by atoms with Crippen molar-refractivity contribution in [3.8, 4) is 6.19 Å². The van der Waals surface area contributed by atoms with Crippen LogP contribution in [0.5, 0.6) is 0 Å². The molecule has 0 bridgehead atoms. The van der Waals surface area contributed by atoms with Gasteiger partial charge in [-0.05, 0) is 11.6 Å². The molecule has 0 aliphatic heterocycles. The van der Waals surface area contributed by atoms with Crippen molar-refractivity contribution in [2.75, 3.05) is 6.26 Å². The monoisotopic (exact) mass is 265 g/mol. The molecule has 2 N–H and O–H groups in total. The Morgan fingerprint density at radius 2 is 2.18 bits per heavy atom. The fraction of sp³-hybridized carbons (Fsp3) is 0.333. The maximum absolute atomic E-state index is 12.2. The van der Waals surface area contributed by atoms with Gasteiger partial charge in [-0.15, -0.1) is 0 Å². The lowest BCUT2D eigenvalue weighted by atomic mass is 10.3. The number of alkyl halides is 3. The van der Waals surface area contributed by atoms with E-state index in [2.05, 4.69) is 9.71 Å². The molecule has 17 heavy (non-hydrogen) atoms. The zero-order valence-electron chi connectivity index (χ0n) is 8.82. The van der Waals surface area contributed by atoms with Crippen molar-refractivity contribution >= 4 is 10.5 Å². The minimum Gasteiger partial charge on any atom is -0.333 e. The second-order valence-electron chi connectivity index (χ2n) is 3.45. The lowest BCUT2D eigenvalue weighted by molar-refractivity contribution is -0.141. The van der Waals surface area contributed by atoms with Gasteiger partial charge in [-0.1, -0.05) is 16.6 Å². The number of halogens is 3. The van der Waals surface area contributed by atoms with Crippen LogP contribution in [-0.2, 0) is 11.9 Å². The topological polar surface area (TPSA) is 68.9 Å². The predicted octanol–water partition coefficient (Wildman–Crippen LogP) is 2.49. The molecule has 0 radical (unpaired) electrons. The standard InChI is InChI=1S/C9H10F3N3OS/c1-17(16,15-6-13)5-7-2-3-8(14-4-7)9(10,11)12/h2-4,15-16H,5H2,1H3. The van der Waals surface area contributed by atoms with E-state index in [1.807, 2.05) is 0 Å². The largest absolute Gasteiger partial charge is 0.433 e. The molecule has 0 fully saturated rings. The van der Waals surface area contributed by atoms with Gasteiger partial charge in [-0.2, -0.15) is 18.4 Å². The number of aromatic nitrogens is 1. The van der Waals surface area contributed by atoms with E-state index in [4.69, 9.17) is 5.26 Å². The lowest BCUT2D eigenvalue weighted by Gasteiger charge is -2.26. The highest BCUT2D eigenvalue weighted by molar-refractivity contribution is 8.26. The molecule has 1 unspecified atom stereocenters. The molecule has 0 aliphatic carbocycles. The maximum Gasteiger partial charge on any atom is 0.433 e. The van der Waals surface area contributed by atoms with Crippen LogP contribution in [0.4, 0.5) is 13.2 Å². The SMILES string of the molecule is CS(O)(Cc1ccc(C(F)(F)F)nc1)NC#N. The predicted molar refractivity (Wildman–Crippen MR) is 57.8 cm³/mol. The fourth-order valence-electron chi connectivity index (χ4n) is 1.14. The average molecular weight is 265 g/mol. The van der Waals surface area contributed by atoms with Gasteiger partial charge in [0.2, 0.25) is 0 Å². The molecule has 94 valence electrons. The summed E-state index contributed by atoms with van der Waals surface area (Å²) < 4.78 is 48.6.